The van der Waals surface area contributed by atoms with Crippen molar-refractivity contribution in [2.45, 2.75) is 31.7 Å². The Morgan fingerprint density at radius 2 is 1.82 bits per heavy atom. The van der Waals surface area contributed by atoms with E-state index < -0.39 is 0 Å². The molecule has 1 aliphatic rings. The van der Waals surface area contributed by atoms with Gasteiger partial charge in [0.25, 0.3) is 5.91 Å². The molecule has 172 valence electrons. The third-order valence-corrected chi connectivity index (χ3v) is 6.25. The van der Waals surface area contributed by atoms with Crippen LogP contribution in [-0.2, 0) is 0 Å². The molecule has 2 heterocycles. The Balaban J connectivity index is 1.41. The van der Waals surface area contributed by atoms with Crippen molar-refractivity contribution in [2.75, 3.05) is 6.61 Å². The summed E-state index contributed by atoms with van der Waals surface area (Å²) in [4.78, 5) is 17.0. The van der Waals surface area contributed by atoms with E-state index in [9.17, 15) is 4.79 Å². The molecule has 1 aliphatic carbocycles. The lowest BCUT2D eigenvalue weighted by molar-refractivity contribution is 0.0907. The van der Waals surface area contributed by atoms with Gasteiger partial charge in [0.2, 0.25) is 0 Å². The molecule has 0 bridgehead atoms. The number of para-hydroxylation sites is 1. The van der Waals surface area contributed by atoms with E-state index in [1.165, 1.54) is 0 Å². The number of hydrogen-bond donors (Lipinski definition) is 1. The number of ether oxygens (including phenoxy) is 1. The van der Waals surface area contributed by atoms with Crippen molar-refractivity contribution in [3.05, 3.63) is 89.3 Å². The minimum atomic E-state index is -0.0594. The van der Waals surface area contributed by atoms with Crippen molar-refractivity contribution >= 4 is 17.5 Å². The van der Waals surface area contributed by atoms with Crippen LogP contribution in [-0.4, -0.2) is 38.3 Å². The molecular formula is C26H24ClN5O2. The number of benzene rings is 2. The molecule has 1 fully saturated rings. The third kappa shape index (κ3) is 4.39. The van der Waals surface area contributed by atoms with Gasteiger partial charge in [-0.05, 0) is 56.2 Å². The summed E-state index contributed by atoms with van der Waals surface area (Å²) in [6, 6.07) is 20.7. The maximum Gasteiger partial charge on any atom is 0.251 e. The summed E-state index contributed by atoms with van der Waals surface area (Å²) in [5, 5.41) is 12.7. The smallest absolute Gasteiger partial charge is 0.251 e. The van der Waals surface area contributed by atoms with Gasteiger partial charge in [0.15, 0.2) is 5.82 Å². The van der Waals surface area contributed by atoms with Gasteiger partial charge in [0, 0.05) is 17.5 Å². The first-order valence-corrected chi connectivity index (χ1v) is 11.7. The van der Waals surface area contributed by atoms with Gasteiger partial charge in [-0.1, -0.05) is 41.9 Å². The van der Waals surface area contributed by atoms with Crippen LogP contribution in [0.5, 0.6) is 5.75 Å². The summed E-state index contributed by atoms with van der Waals surface area (Å²) in [5.41, 5.74) is 2.14. The normalized spacial score (nSPS) is 17.1. The summed E-state index contributed by atoms with van der Waals surface area (Å²) in [5.74, 6) is 2.20. The Bertz CT molecular complexity index is 1280. The summed E-state index contributed by atoms with van der Waals surface area (Å²) in [7, 11) is 0. The Labute approximate surface area is 202 Å². The SMILES string of the molecule is CCOc1ccc(-c2nnc(C3CC(NC(=O)c4ccccc4)C3)n2-c2ccccc2Cl)nc1. The third-order valence-electron chi connectivity index (χ3n) is 5.93. The molecule has 5 rings (SSSR count). The zero-order valence-corrected chi connectivity index (χ0v) is 19.4. The molecule has 2 aromatic carbocycles. The summed E-state index contributed by atoms with van der Waals surface area (Å²) in [6.07, 6.45) is 3.23. The maximum absolute atomic E-state index is 12.5. The first-order valence-electron chi connectivity index (χ1n) is 11.3. The van der Waals surface area contributed by atoms with Crippen LogP contribution in [0.1, 0.15) is 41.9 Å². The molecule has 0 aliphatic heterocycles. The van der Waals surface area contributed by atoms with Crippen LogP contribution in [0, 0.1) is 0 Å². The van der Waals surface area contributed by atoms with Crippen LogP contribution in [0.4, 0.5) is 0 Å². The van der Waals surface area contributed by atoms with E-state index in [-0.39, 0.29) is 17.9 Å². The summed E-state index contributed by atoms with van der Waals surface area (Å²) >= 11 is 6.57. The van der Waals surface area contributed by atoms with Gasteiger partial charge in [-0.2, -0.15) is 0 Å². The zero-order valence-electron chi connectivity index (χ0n) is 18.7. The second kappa shape index (κ2) is 9.65. The van der Waals surface area contributed by atoms with Gasteiger partial charge in [0.05, 0.1) is 23.5 Å². The fourth-order valence-corrected chi connectivity index (χ4v) is 4.39. The number of rotatable bonds is 7. The van der Waals surface area contributed by atoms with Crippen molar-refractivity contribution in [3.8, 4) is 23.0 Å². The lowest BCUT2D eigenvalue weighted by Crippen LogP contribution is -2.44. The molecule has 4 aromatic rings. The predicted molar refractivity (Wildman–Crippen MR) is 130 cm³/mol. The zero-order chi connectivity index (χ0) is 23.5. The van der Waals surface area contributed by atoms with E-state index in [0.717, 1.165) is 24.4 Å². The highest BCUT2D eigenvalue weighted by molar-refractivity contribution is 6.32. The van der Waals surface area contributed by atoms with Gasteiger partial charge >= 0.3 is 0 Å². The number of halogens is 1. The molecule has 7 nitrogen and oxygen atoms in total. The molecule has 2 aromatic heterocycles. The van der Waals surface area contributed by atoms with Crippen LogP contribution in [0.15, 0.2) is 72.9 Å². The van der Waals surface area contributed by atoms with Gasteiger partial charge in [-0.15, -0.1) is 10.2 Å². The van der Waals surface area contributed by atoms with Crippen molar-refractivity contribution in [1.82, 2.24) is 25.1 Å². The minimum Gasteiger partial charge on any atom is -0.492 e. The first-order chi connectivity index (χ1) is 16.6. The Morgan fingerprint density at radius 1 is 1.06 bits per heavy atom. The van der Waals surface area contributed by atoms with E-state index in [0.29, 0.717) is 34.5 Å². The Morgan fingerprint density at radius 3 is 2.53 bits per heavy atom. The number of carbonyl (C=O) groups is 1. The van der Waals surface area contributed by atoms with Crippen LogP contribution in [0.25, 0.3) is 17.2 Å². The summed E-state index contributed by atoms with van der Waals surface area (Å²) < 4.78 is 7.49. The molecule has 0 saturated heterocycles. The van der Waals surface area contributed by atoms with Crippen LogP contribution in [0.3, 0.4) is 0 Å². The predicted octanol–water partition coefficient (Wildman–Crippen LogP) is 5.06. The molecule has 0 spiro atoms. The molecule has 0 unspecified atom stereocenters. The van der Waals surface area contributed by atoms with Crippen molar-refractivity contribution < 1.29 is 9.53 Å². The highest BCUT2D eigenvalue weighted by Crippen LogP contribution is 2.39. The Kier molecular flexibility index (Phi) is 6.27. The lowest BCUT2D eigenvalue weighted by atomic mass is 9.79. The fraction of sp³-hybridized carbons (Fsp3) is 0.231. The second-order valence-corrected chi connectivity index (χ2v) is 8.59. The number of nitrogens with one attached hydrogen (secondary N) is 1. The molecule has 8 heteroatoms. The number of amides is 1. The number of aromatic nitrogens is 4. The topological polar surface area (TPSA) is 81.9 Å². The first kappa shape index (κ1) is 22.1. The van der Waals surface area contributed by atoms with E-state index in [1.54, 1.807) is 6.20 Å². The van der Waals surface area contributed by atoms with Gasteiger partial charge in [-0.25, -0.2) is 4.98 Å². The highest BCUT2D eigenvalue weighted by Gasteiger charge is 2.36. The molecule has 34 heavy (non-hydrogen) atoms. The quantitative estimate of drug-likeness (QED) is 0.406. The maximum atomic E-state index is 12.5. The largest absolute Gasteiger partial charge is 0.492 e. The molecular weight excluding hydrogens is 450 g/mol. The molecule has 1 saturated carbocycles. The van der Waals surface area contributed by atoms with Crippen molar-refractivity contribution in [3.63, 3.8) is 0 Å². The molecule has 1 amide bonds. The molecule has 0 radical (unpaired) electrons. The van der Waals surface area contributed by atoms with Crippen molar-refractivity contribution in [1.29, 1.82) is 0 Å². The minimum absolute atomic E-state index is 0.0594. The van der Waals surface area contributed by atoms with Gasteiger partial charge < -0.3 is 10.1 Å². The van der Waals surface area contributed by atoms with Gasteiger partial charge in [-0.3, -0.25) is 9.36 Å². The van der Waals surface area contributed by atoms with E-state index in [4.69, 9.17) is 16.3 Å². The number of hydrogen-bond acceptors (Lipinski definition) is 5. The average molecular weight is 474 g/mol. The number of pyridine rings is 1. The highest BCUT2D eigenvalue weighted by atomic mass is 35.5. The van der Waals surface area contributed by atoms with E-state index in [2.05, 4.69) is 20.5 Å². The standard InChI is InChI=1S/C26H24ClN5O2/c1-2-34-20-12-13-22(28-16-20)25-31-30-24(32(25)23-11-7-6-10-21(23)27)18-14-19(15-18)29-26(33)17-8-4-3-5-9-17/h3-13,16,18-19H,2,14-15H2,1H3,(H,29,33). The van der Waals surface area contributed by atoms with Crippen molar-refractivity contribution in [2.24, 2.45) is 0 Å². The van der Waals surface area contributed by atoms with Crippen LogP contribution >= 0.6 is 11.6 Å². The molecule has 1 N–H and O–H groups in total. The fourth-order valence-electron chi connectivity index (χ4n) is 4.17. The number of nitrogens with zero attached hydrogens (tertiary/aromatic N) is 4. The lowest BCUT2D eigenvalue weighted by Gasteiger charge is -2.35. The Hall–Kier alpha value is -3.71. The molecule has 0 atom stereocenters. The summed E-state index contributed by atoms with van der Waals surface area (Å²) in [6.45, 7) is 2.51. The average Bonchev–Trinajstić information content (AvgIpc) is 3.26. The van der Waals surface area contributed by atoms with Crippen LogP contribution in [0.2, 0.25) is 5.02 Å². The second-order valence-electron chi connectivity index (χ2n) is 8.19. The van der Waals surface area contributed by atoms with Gasteiger partial charge in [0.1, 0.15) is 17.3 Å². The monoisotopic (exact) mass is 473 g/mol. The number of carbonyl (C=O) groups excluding carboxylic acids is 1. The van der Waals surface area contributed by atoms with E-state index >= 15 is 0 Å². The van der Waals surface area contributed by atoms with Crippen LogP contribution < -0.4 is 10.1 Å². The van der Waals surface area contributed by atoms with E-state index in [1.807, 2.05) is 78.2 Å².